The molecule has 0 saturated heterocycles. The zero-order valence-electron chi connectivity index (χ0n) is 16.4. The Hall–Kier alpha value is -1.89. The lowest BCUT2D eigenvalue weighted by molar-refractivity contribution is -0.105. The molecule has 0 fully saturated rings. The first-order valence-corrected chi connectivity index (χ1v) is 9.42. The molecule has 0 aromatic carbocycles. The van der Waals surface area contributed by atoms with Crippen molar-refractivity contribution in [3.8, 4) is 0 Å². The van der Waals surface area contributed by atoms with Gasteiger partial charge in [-0.3, -0.25) is 4.79 Å². The fraction of sp³-hybridized carbons (Fsp3) is 0.458. The first-order valence-electron chi connectivity index (χ1n) is 9.42. The Labute approximate surface area is 153 Å². The third-order valence-electron chi connectivity index (χ3n) is 5.46. The molecule has 0 amide bonds. The van der Waals surface area contributed by atoms with E-state index in [1.54, 1.807) is 0 Å². The Bertz CT molecular complexity index is 690. The predicted octanol–water partition coefficient (Wildman–Crippen LogP) is 6.66. The molecule has 0 aromatic rings. The minimum absolute atomic E-state index is 0.292. The first-order chi connectivity index (χ1) is 11.8. The van der Waals surface area contributed by atoms with E-state index in [4.69, 9.17) is 0 Å². The molecule has 0 aromatic heterocycles. The van der Waals surface area contributed by atoms with Crippen LogP contribution in [0.25, 0.3) is 0 Å². The van der Waals surface area contributed by atoms with Crippen molar-refractivity contribution >= 4 is 6.29 Å². The maximum Gasteiger partial charge on any atom is 0.146 e. The zero-order valence-corrected chi connectivity index (χ0v) is 16.4. The molecule has 2 aliphatic rings. The Morgan fingerprint density at radius 2 is 2.00 bits per heavy atom. The van der Waals surface area contributed by atoms with Gasteiger partial charge in [0.05, 0.1) is 0 Å². The fourth-order valence-electron chi connectivity index (χ4n) is 3.79. The summed E-state index contributed by atoms with van der Waals surface area (Å²) in [5.41, 5.74) is 6.76. The van der Waals surface area contributed by atoms with E-state index in [0.29, 0.717) is 11.3 Å². The lowest BCUT2D eigenvalue weighted by atomic mass is 9.72. The number of allylic oxidation sites excluding steroid dienone is 12. The highest BCUT2D eigenvalue weighted by Gasteiger charge is 2.26. The Balaban J connectivity index is 2.04. The van der Waals surface area contributed by atoms with Crippen LogP contribution in [0, 0.1) is 11.3 Å². The molecule has 1 nitrogen and oxygen atoms in total. The van der Waals surface area contributed by atoms with E-state index in [-0.39, 0.29) is 0 Å². The van der Waals surface area contributed by atoms with Crippen LogP contribution < -0.4 is 0 Å². The molecule has 0 radical (unpaired) electrons. The van der Waals surface area contributed by atoms with Crippen LogP contribution in [0.3, 0.4) is 0 Å². The van der Waals surface area contributed by atoms with Gasteiger partial charge >= 0.3 is 0 Å². The van der Waals surface area contributed by atoms with Crippen molar-refractivity contribution in [2.45, 2.75) is 60.3 Å². The Morgan fingerprint density at radius 1 is 1.24 bits per heavy atom. The molecule has 1 heteroatoms. The van der Waals surface area contributed by atoms with E-state index in [1.807, 2.05) is 6.08 Å². The van der Waals surface area contributed by atoms with Crippen LogP contribution in [0.15, 0.2) is 70.4 Å². The lowest BCUT2D eigenvalue weighted by Crippen LogP contribution is -2.19. The van der Waals surface area contributed by atoms with Gasteiger partial charge in [0.2, 0.25) is 0 Å². The number of carbonyl (C=O) groups is 1. The third-order valence-corrected chi connectivity index (χ3v) is 5.46. The first kappa shape index (κ1) is 19.4. The summed E-state index contributed by atoms with van der Waals surface area (Å²) in [6, 6.07) is 0. The molecule has 0 heterocycles. The molecule has 25 heavy (non-hydrogen) atoms. The molecular weight excluding hydrogens is 304 g/mol. The van der Waals surface area contributed by atoms with Crippen LogP contribution in [0.5, 0.6) is 0 Å². The molecule has 0 spiro atoms. The Kier molecular flexibility index (Phi) is 6.58. The van der Waals surface area contributed by atoms with E-state index >= 15 is 0 Å². The van der Waals surface area contributed by atoms with Gasteiger partial charge in [0, 0.05) is 0 Å². The van der Waals surface area contributed by atoms with Crippen LogP contribution in [0.2, 0.25) is 0 Å². The van der Waals surface area contributed by atoms with Crippen molar-refractivity contribution in [3.63, 3.8) is 0 Å². The van der Waals surface area contributed by atoms with Crippen molar-refractivity contribution in [2.75, 3.05) is 0 Å². The molecule has 2 aliphatic carbocycles. The van der Waals surface area contributed by atoms with Gasteiger partial charge < -0.3 is 0 Å². The van der Waals surface area contributed by atoms with Gasteiger partial charge in [-0.2, -0.15) is 0 Å². The highest BCUT2D eigenvalue weighted by atomic mass is 16.1. The zero-order chi connectivity index (χ0) is 18.4. The average molecular weight is 337 g/mol. The molecule has 1 atom stereocenters. The number of carbonyl (C=O) groups excluding carboxylic acids is 1. The molecule has 2 rings (SSSR count). The average Bonchev–Trinajstić information content (AvgIpc) is 2.54. The quantitative estimate of drug-likeness (QED) is 0.405. The minimum Gasteiger partial charge on any atom is -0.298 e. The van der Waals surface area contributed by atoms with Gasteiger partial charge in [-0.1, -0.05) is 74.4 Å². The van der Waals surface area contributed by atoms with Gasteiger partial charge in [-0.05, 0) is 67.6 Å². The molecule has 0 aliphatic heterocycles. The maximum absolute atomic E-state index is 10.9. The molecular formula is C24H32O. The van der Waals surface area contributed by atoms with Crippen LogP contribution in [-0.4, -0.2) is 6.29 Å². The fourth-order valence-corrected chi connectivity index (χ4v) is 3.79. The number of aldehydes is 1. The number of hydrogen-bond donors (Lipinski definition) is 0. The van der Waals surface area contributed by atoms with Gasteiger partial charge in [-0.15, -0.1) is 0 Å². The van der Waals surface area contributed by atoms with Gasteiger partial charge in [0.15, 0.2) is 0 Å². The summed E-state index contributed by atoms with van der Waals surface area (Å²) >= 11 is 0. The van der Waals surface area contributed by atoms with Crippen molar-refractivity contribution in [2.24, 2.45) is 11.3 Å². The normalized spacial score (nSPS) is 24.7. The van der Waals surface area contributed by atoms with Crippen LogP contribution in [0.1, 0.15) is 60.3 Å². The standard InChI is InChI=1S/C24H32O/c1-18(11-14-23-19(2)9-7-15-24(23,4)5)8-6-10-21-12-13-22(17-25)20(3)16-21/h6,8,10-14,17,20H,7,9,15-16H2,1-5H3. The summed E-state index contributed by atoms with van der Waals surface area (Å²) in [7, 11) is 0. The highest BCUT2D eigenvalue weighted by Crippen LogP contribution is 2.40. The smallest absolute Gasteiger partial charge is 0.146 e. The second-order valence-electron chi connectivity index (χ2n) is 8.17. The van der Waals surface area contributed by atoms with Gasteiger partial charge in [-0.25, -0.2) is 0 Å². The largest absolute Gasteiger partial charge is 0.298 e. The number of rotatable bonds is 5. The van der Waals surface area contributed by atoms with Crippen LogP contribution in [-0.2, 0) is 4.79 Å². The molecule has 134 valence electrons. The Morgan fingerprint density at radius 3 is 2.64 bits per heavy atom. The van der Waals surface area contributed by atoms with Crippen molar-refractivity contribution in [1.82, 2.24) is 0 Å². The van der Waals surface area contributed by atoms with E-state index in [9.17, 15) is 4.79 Å². The van der Waals surface area contributed by atoms with E-state index in [0.717, 1.165) is 18.3 Å². The molecule has 0 N–H and O–H groups in total. The predicted molar refractivity (Wildman–Crippen MR) is 108 cm³/mol. The van der Waals surface area contributed by atoms with Crippen molar-refractivity contribution in [1.29, 1.82) is 0 Å². The molecule has 0 bridgehead atoms. The van der Waals surface area contributed by atoms with E-state index in [1.165, 1.54) is 41.6 Å². The second-order valence-corrected chi connectivity index (χ2v) is 8.17. The van der Waals surface area contributed by atoms with Gasteiger partial charge in [0.1, 0.15) is 6.29 Å². The lowest BCUT2D eigenvalue weighted by Gasteiger charge is -2.32. The summed E-state index contributed by atoms with van der Waals surface area (Å²) in [6.07, 6.45) is 20.7. The number of hydrogen-bond acceptors (Lipinski definition) is 1. The van der Waals surface area contributed by atoms with Gasteiger partial charge in [0.25, 0.3) is 0 Å². The monoisotopic (exact) mass is 336 g/mol. The molecule has 1 unspecified atom stereocenters. The second kappa shape index (κ2) is 8.47. The molecule has 0 saturated carbocycles. The van der Waals surface area contributed by atoms with Crippen LogP contribution in [0.4, 0.5) is 0 Å². The summed E-state index contributed by atoms with van der Waals surface area (Å²) in [4.78, 5) is 10.9. The van der Waals surface area contributed by atoms with Crippen molar-refractivity contribution in [3.05, 3.63) is 70.4 Å². The highest BCUT2D eigenvalue weighted by molar-refractivity contribution is 5.75. The SMILES string of the molecule is CC(C=CC1=C(C)CCCC1(C)C)=CC=CC1=CC=C(C=O)C(C)C1. The summed E-state index contributed by atoms with van der Waals surface area (Å²) < 4.78 is 0. The maximum atomic E-state index is 10.9. The topological polar surface area (TPSA) is 17.1 Å². The van der Waals surface area contributed by atoms with Crippen molar-refractivity contribution < 1.29 is 4.79 Å². The third kappa shape index (κ3) is 5.29. The van der Waals surface area contributed by atoms with E-state index in [2.05, 4.69) is 71.1 Å². The summed E-state index contributed by atoms with van der Waals surface area (Å²) in [5, 5.41) is 0. The summed E-state index contributed by atoms with van der Waals surface area (Å²) in [5.74, 6) is 0.315. The minimum atomic E-state index is 0.292. The summed E-state index contributed by atoms with van der Waals surface area (Å²) in [6.45, 7) is 11.2. The van der Waals surface area contributed by atoms with E-state index < -0.39 is 0 Å². The van der Waals surface area contributed by atoms with Crippen LogP contribution >= 0.6 is 0 Å².